The van der Waals surface area contributed by atoms with E-state index in [1.807, 2.05) is 42.6 Å². The van der Waals surface area contributed by atoms with E-state index in [1.54, 1.807) is 0 Å². The highest BCUT2D eigenvalue weighted by molar-refractivity contribution is 5.93. The van der Waals surface area contributed by atoms with Crippen LogP contribution in [0.1, 0.15) is 46.2 Å². The number of likely N-dealkylation sites (tertiary alicyclic amines) is 1. The van der Waals surface area contributed by atoms with Crippen LogP contribution in [-0.2, 0) is 7.05 Å². The minimum atomic E-state index is 0.0273. The molecule has 6 heteroatoms. The number of aryl methyl sites for hydroxylation is 2. The Bertz CT molecular complexity index is 948. The molecule has 0 atom stereocenters. The zero-order valence-electron chi connectivity index (χ0n) is 16.1. The van der Waals surface area contributed by atoms with Crippen LogP contribution in [0.15, 0.2) is 36.4 Å². The molecule has 1 amide bonds. The fraction of sp³-hybridized carbons (Fsp3) is 0.381. The highest BCUT2D eigenvalue weighted by atomic mass is 16.2. The first-order chi connectivity index (χ1) is 13.0. The molecule has 140 valence electrons. The third kappa shape index (κ3) is 3.27. The number of benzene rings is 1. The number of H-pyrrole nitrogens is 1. The number of hydrogen-bond acceptors (Lipinski definition) is 3. The van der Waals surface area contributed by atoms with Crippen LogP contribution in [0.4, 0.5) is 0 Å². The molecule has 0 bridgehead atoms. The lowest BCUT2D eigenvalue weighted by molar-refractivity contribution is 0.0707. The number of aromatic amines is 1. The third-order valence-corrected chi connectivity index (χ3v) is 5.63. The van der Waals surface area contributed by atoms with Gasteiger partial charge in [0.1, 0.15) is 5.69 Å². The van der Waals surface area contributed by atoms with Crippen LogP contribution in [0, 0.1) is 13.8 Å². The second-order valence-electron chi connectivity index (χ2n) is 7.31. The SMILES string of the molecule is Cc1nn(C)c(C)c1-c1cc(C(=O)N2CCC(c3ccccc3)CC2)[nH]n1. The van der Waals surface area contributed by atoms with Gasteiger partial charge in [0.15, 0.2) is 0 Å². The van der Waals surface area contributed by atoms with Crippen molar-refractivity contribution in [3.05, 3.63) is 59.0 Å². The summed E-state index contributed by atoms with van der Waals surface area (Å²) in [7, 11) is 1.92. The molecule has 3 aromatic rings. The number of carbonyl (C=O) groups excluding carboxylic acids is 1. The van der Waals surface area contributed by atoms with Gasteiger partial charge in [0.05, 0.1) is 11.4 Å². The minimum Gasteiger partial charge on any atom is -0.337 e. The Balaban J connectivity index is 1.46. The van der Waals surface area contributed by atoms with Crippen molar-refractivity contribution in [3.63, 3.8) is 0 Å². The van der Waals surface area contributed by atoms with Crippen LogP contribution < -0.4 is 0 Å². The maximum absolute atomic E-state index is 12.9. The van der Waals surface area contributed by atoms with Crippen molar-refractivity contribution in [2.24, 2.45) is 7.05 Å². The first kappa shape index (κ1) is 17.5. The number of hydrogen-bond donors (Lipinski definition) is 1. The summed E-state index contributed by atoms with van der Waals surface area (Å²) in [6, 6.07) is 12.4. The molecule has 1 aliphatic heterocycles. The van der Waals surface area contributed by atoms with E-state index in [9.17, 15) is 4.79 Å². The van der Waals surface area contributed by atoms with Crippen molar-refractivity contribution in [3.8, 4) is 11.3 Å². The monoisotopic (exact) mass is 363 g/mol. The number of nitrogens with zero attached hydrogens (tertiary/aromatic N) is 4. The highest BCUT2D eigenvalue weighted by Gasteiger charge is 2.26. The lowest BCUT2D eigenvalue weighted by atomic mass is 9.89. The molecule has 4 rings (SSSR count). The molecule has 1 fully saturated rings. The average molecular weight is 363 g/mol. The van der Waals surface area contributed by atoms with E-state index in [-0.39, 0.29) is 5.91 Å². The Kier molecular flexibility index (Phi) is 4.56. The van der Waals surface area contributed by atoms with Gasteiger partial charge in [-0.3, -0.25) is 14.6 Å². The molecule has 27 heavy (non-hydrogen) atoms. The van der Waals surface area contributed by atoms with E-state index in [2.05, 4.69) is 39.6 Å². The minimum absolute atomic E-state index is 0.0273. The Morgan fingerprint density at radius 1 is 1.15 bits per heavy atom. The maximum Gasteiger partial charge on any atom is 0.271 e. The Morgan fingerprint density at radius 2 is 1.85 bits per heavy atom. The normalized spacial score (nSPS) is 15.3. The number of rotatable bonds is 3. The van der Waals surface area contributed by atoms with Crippen molar-refractivity contribution >= 4 is 5.91 Å². The Labute approximate surface area is 159 Å². The van der Waals surface area contributed by atoms with E-state index in [4.69, 9.17) is 0 Å². The number of amides is 1. The molecular formula is C21H25N5O. The predicted molar refractivity (Wildman–Crippen MR) is 105 cm³/mol. The van der Waals surface area contributed by atoms with Crippen molar-refractivity contribution in [1.29, 1.82) is 0 Å². The molecule has 0 saturated carbocycles. The third-order valence-electron chi connectivity index (χ3n) is 5.63. The zero-order chi connectivity index (χ0) is 19.0. The Hall–Kier alpha value is -2.89. The summed E-state index contributed by atoms with van der Waals surface area (Å²) in [6.45, 7) is 5.53. The zero-order valence-corrected chi connectivity index (χ0v) is 16.1. The summed E-state index contributed by atoms with van der Waals surface area (Å²) in [4.78, 5) is 14.8. The van der Waals surface area contributed by atoms with Crippen LogP contribution in [-0.4, -0.2) is 43.9 Å². The highest BCUT2D eigenvalue weighted by Crippen LogP contribution is 2.29. The fourth-order valence-electron chi connectivity index (χ4n) is 4.02. The summed E-state index contributed by atoms with van der Waals surface area (Å²) in [5.41, 5.74) is 5.66. The molecule has 2 aromatic heterocycles. The molecule has 1 aliphatic rings. The summed E-state index contributed by atoms with van der Waals surface area (Å²) < 4.78 is 1.84. The van der Waals surface area contributed by atoms with Gasteiger partial charge in [0.25, 0.3) is 5.91 Å². The van der Waals surface area contributed by atoms with Crippen LogP contribution >= 0.6 is 0 Å². The van der Waals surface area contributed by atoms with Crippen LogP contribution in [0.2, 0.25) is 0 Å². The van der Waals surface area contributed by atoms with E-state index < -0.39 is 0 Å². The van der Waals surface area contributed by atoms with Crippen molar-refractivity contribution in [2.75, 3.05) is 13.1 Å². The van der Waals surface area contributed by atoms with E-state index >= 15 is 0 Å². The molecule has 0 unspecified atom stereocenters. The molecule has 1 saturated heterocycles. The van der Waals surface area contributed by atoms with Gasteiger partial charge < -0.3 is 4.90 Å². The molecule has 6 nitrogen and oxygen atoms in total. The number of piperidine rings is 1. The summed E-state index contributed by atoms with van der Waals surface area (Å²) >= 11 is 0. The van der Waals surface area contributed by atoms with E-state index in [1.165, 1.54) is 5.56 Å². The van der Waals surface area contributed by atoms with E-state index in [0.717, 1.165) is 48.6 Å². The van der Waals surface area contributed by atoms with Gasteiger partial charge in [0, 0.05) is 31.4 Å². The summed E-state index contributed by atoms with van der Waals surface area (Å²) in [6.07, 6.45) is 2.00. The largest absolute Gasteiger partial charge is 0.337 e. The van der Waals surface area contributed by atoms with Crippen LogP contribution in [0.3, 0.4) is 0 Å². The number of carbonyl (C=O) groups is 1. The van der Waals surface area contributed by atoms with Crippen LogP contribution in [0.5, 0.6) is 0 Å². The smallest absolute Gasteiger partial charge is 0.271 e. The summed E-state index contributed by atoms with van der Waals surface area (Å²) in [5, 5.41) is 11.7. The molecule has 0 spiro atoms. The molecule has 0 aliphatic carbocycles. The fourth-order valence-corrected chi connectivity index (χ4v) is 4.02. The quantitative estimate of drug-likeness (QED) is 0.775. The second-order valence-corrected chi connectivity index (χ2v) is 7.31. The van der Waals surface area contributed by atoms with Gasteiger partial charge in [-0.1, -0.05) is 30.3 Å². The van der Waals surface area contributed by atoms with Crippen LogP contribution in [0.25, 0.3) is 11.3 Å². The average Bonchev–Trinajstić information content (AvgIpc) is 3.26. The first-order valence-corrected chi connectivity index (χ1v) is 9.45. The van der Waals surface area contributed by atoms with Crippen molar-refractivity contribution in [1.82, 2.24) is 24.9 Å². The maximum atomic E-state index is 12.9. The molecule has 1 aromatic carbocycles. The standard InChI is InChI=1S/C21H25N5O/c1-14-20(15(2)25(3)24-14)18-13-19(23-22-18)21(27)26-11-9-17(10-12-26)16-7-5-4-6-8-16/h4-8,13,17H,9-12H2,1-3H3,(H,22,23). The number of aromatic nitrogens is 4. The van der Waals surface area contributed by atoms with Crippen molar-refractivity contribution in [2.45, 2.75) is 32.6 Å². The molecular weight excluding hydrogens is 338 g/mol. The first-order valence-electron chi connectivity index (χ1n) is 9.45. The van der Waals surface area contributed by atoms with Gasteiger partial charge in [-0.25, -0.2) is 0 Å². The summed E-state index contributed by atoms with van der Waals surface area (Å²) in [5.74, 6) is 0.563. The van der Waals surface area contributed by atoms with Gasteiger partial charge >= 0.3 is 0 Å². The lowest BCUT2D eigenvalue weighted by Gasteiger charge is -2.31. The number of nitrogens with one attached hydrogen (secondary N) is 1. The van der Waals surface area contributed by atoms with Gasteiger partial charge in [-0.05, 0) is 44.2 Å². The Morgan fingerprint density at radius 3 is 2.48 bits per heavy atom. The van der Waals surface area contributed by atoms with Crippen molar-refractivity contribution < 1.29 is 4.79 Å². The van der Waals surface area contributed by atoms with E-state index in [0.29, 0.717) is 11.6 Å². The second kappa shape index (κ2) is 7.02. The molecule has 3 heterocycles. The predicted octanol–water partition coefficient (Wildman–Crippen LogP) is 3.45. The molecule has 0 radical (unpaired) electrons. The lowest BCUT2D eigenvalue weighted by Crippen LogP contribution is -2.38. The molecule has 1 N–H and O–H groups in total. The van der Waals surface area contributed by atoms with Gasteiger partial charge in [0.2, 0.25) is 0 Å². The van der Waals surface area contributed by atoms with Gasteiger partial charge in [-0.2, -0.15) is 10.2 Å². The topological polar surface area (TPSA) is 66.8 Å². The van der Waals surface area contributed by atoms with Gasteiger partial charge in [-0.15, -0.1) is 0 Å².